The van der Waals surface area contributed by atoms with Crippen molar-refractivity contribution in [1.29, 1.82) is 0 Å². The summed E-state index contributed by atoms with van der Waals surface area (Å²) >= 11 is 5.85. The van der Waals surface area contributed by atoms with Crippen LogP contribution in [0.15, 0.2) is 36.5 Å². The highest BCUT2D eigenvalue weighted by Crippen LogP contribution is 2.18. The molecule has 2 N–H and O–H groups in total. The van der Waals surface area contributed by atoms with Crippen LogP contribution in [-0.2, 0) is 11.2 Å². The lowest BCUT2D eigenvalue weighted by atomic mass is 10.0. The third kappa shape index (κ3) is 6.78. The predicted molar refractivity (Wildman–Crippen MR) is 116 cm³/mol. The van der Waals surface area contributed by atoms with Crippen molar-refractivity contribution in [3.8, 4) is 0 Å². The summed E-state index contributed by atoms with van der Waals surface area (Å²) in [6.07, 6.45) is 2.42. The summed E-state index contributed by atoms with van der Waals surface area (Å²) in [4.78, 5) is 30.3. The minimum atomic E-state index is -0.558. The number of carbonyl (C=O) groups excluding carboxylic acids is 2. The molecule has 0 saturated carbocycles. The molecule has 30 heavy (non-hydrogen) atoms. The molecular formula is C22H28ClFN4O2. The molecule has 0 aliphatic heterocycles. The number of amides is 2. The number of hydrogen-bond acceptors (Lipinski definition) is 4. The van der Waals surface area contributed by atoms with Gasteiger partial charge in [0.05, 0.1) is 10.6 Å². The maximum atomic E-state index is 14.2. The molecule has 1 aromatic carbocycles. The van der Waals surface area contributed by atoms with E-state index < -0.39 is 11.7 Å². The maximum absolute atomic E-state index is 14.2. The summed E-state index contributed by atoms with van der Waals surface area (Å²) in [5, 5.41) is 5.93. The van der Waals surface area contributed by atoms with Gasteiger partial charge >= 0.3 is 0 Å². The van der Waals surface area contributed by atoms with E-state index in [1.54, 1.807) is 18.3 Å². The lowest BCUT2D eigenvalue weighted by Crippen LogP contribution is -2.41. The largest absolute Gasteiger partial charge is 0.355 e. The van der Waals surface area contributed by atoms with Crippen LogP contribution in [0.5, 0.6) is 0 Å². The highest BCUT2D eigenvalue weighted by molar-refractivity contribution is 6.30. The molecule has 0 unspecified atom stereocenters. The number of pyridine rings is 1. The molecule has 2 aromatic rings. The van der Waals surface area contributed by atoms with Crippen molar-refractivity contribution in [1.82, 2.24) is 20.5 Å². The van der Waals surface area contributed by atoms with E-state index in [0.29, 0.717) is 24.4 Å². The molecule has 1 aromatic heterocycles. The summed E-state index contributed by atoms with van der Waals surface area (Å²) < 4.78 is 14.2. The summed E-state index contributed by atoms with van der Waals surface area (Å²) in [7, 11) is 5.28. The molecular weight excluding hydrogens is 407 g/mol. The third-order valence-electron chi connectivity index (χ3n) is 4.99. The van der Waals surface area contributed by atoms with Crippen LogP contribution in [0.4, 0.5) is 4.39 Å². The fourth-order valence-corrected chi connectivity index (χ4v) is 3.19. The molecule has 162 valence electrons. The van der Waals surface area contributed by atoms with Crippen molar-refractivity contribution in [2.75, 3.05) is 27.7 Å². The Labute approximate surface area is 181 Å². The lowest BCUT2D eigenvalue weighted by Gasteiger charge is -2.25. The van der Waals surface area contributed by atoms with E-state index in [1.165, 1.54) is 19.2 Å². The number of hydrogen-bond donors (Lipinski definition) is 2. The third-order valence-corrected chi connectivity index (χ3v) is 5.21. The fraction of sp³-hybridized carbons (Fsp3) is 0.409. The minimum absolute atomic E-state index is 0.0146. The van der Waals surface area contributed by atoms with Crippen molar-refractivity contribution in [3.63, 3.8) is 0 Å². The van der Waals surface area contributed by atoms with Crippen LogP contribution >= 0.6 is 11.6 Å². The summed E-state index contributed by atoms with van der Waals surface area (Å²) in [5.41, 5.74) is 1.58. The van der Waals surface area contributed by atoms with E-state index in [0.717, 1.165) is 11.3 Å². The molecule has 0 aliphatic carbocycles. The molecule has 2 amide bonds. The smallest absolute Gasteiger partial charge is 0.253 e. The van der Waals surface area contributed by atoms with E-state index in [4.69, 9.17) is 11.6 Å². The first-order valence-corrected chi connectivity index (χ1v) is 10.1. The highest BCUT2D eigenvalue weighted by atomic mass is 35.5. The van der Waals surface area contributed by atoms with Crippen molar-refractivity contribution in [2.45, 2.75) is 31.7 Å². The maximum Gasteiger partial charge on any atom is 0.253 e. The van der Waals surface area contributed by atoms with Gasteiger partial charge in [-0.15, -0.1) is 0 Å². The Balaban J connectivity index is 1.94. The highest BCUT2D eigenvalue weighted by Gasteiger charge is 2.18. The molecule has 0 aliphatic rings. The van der Waals surface area contributed by atoms with Gasteiger partial charge in [0, 0.05) is 43.9 Å². The van der Waals surface area contributed by atoms with Gasteiger partial charge in [-0.05, 0) is 50.3 Å². The van der Waals surface area contributed by atoms with Crippen LogP contribution in [0.1, 0.15) is 40.9 Å². The summed E-state index contributed by atoms with van der Waals surface area (Å²) in [6, 6.07) is 8.14. The molecule has 6 nitrogen and oxygen atoms in total. The number of nitrogens with one attached hydrogen (secondary N) is 2. The molecule has 0 spiro atoms. The molecule has 1 heterocycles. The molecule has 0 fully saturated rings. The van der Waals surface area contributed by atoms with Gasteiger partial charge < -0.3 is 15.5 Å². The van der Waals surface area contributed by atoms with E-state index in [1.807, 2.05) is 32.0 Å². The van der Waals surface area contributed by atoms with E-state index in [-0.39, 0.29) is 23.4 Å². The van der Waals surface area contributed by atoms with Gasteiger partial charge in [0.1, 0.15) is 5.82 Å². The Morgan fingerprint density at radius 1 is 1.23 bits per heavy atom. The number of likely N-dealkylation sites (N-methyl/N-ethyl adjacent to an activating group) is 1. The Morgan fingerprint density at radius 3 is 2.53 bits per heavy atom. The first kappa shape index (κ1) is 23.8. The van der Waals surface area contributed by atoms with Gasteiger partial charge in [-0.25, -0.2) is 4.39 Å². The quantitative estimate of drug-likeness (QED) is 0.636. The molecule has 0 bridgehead atoms. The molecule has 0 saturated heterocycles. The van der Waals surface area contributed by atoms with Gasteiger partial charge in [0.2, 0.25) is 5.91 Å². The van der Waals surface area contributed by atoms with Crippen molar-refractivity contribution in [2.24, 2.45) is 0 Å². The van der Waals surface area contributed by atoms with Gasteiger partial charge in [-0.2, -0.15) is 0 Å². The van der Waals surface area contributed by atoms with Crippen molar-refractivity contribution < 1.29 is 14.0 Å². The first-order chi connectivity index (χ1) is 14.2. The van der Waals surface area contributed by atoms with Gasteiger partial charge in [-0.1, -0.05) is 24.6 Å². The van der Waals surface area contributed by atoms with Gasteiger partial charge in [0.15, 0.2) is 0 Å². The zero-order valence-electron chi connectivity index (χ0n) is 17.7. The van der Waals surface area contributed by atoms with Crippen LogP contribution < -0.4 is 10.6 Å². The second-order valence-electron chi connectivity index (χ2n) is 7.53. The van der Waals surface area contributed by atoms with Crippen molar-refractivity contribution >= 4 is 23.4 Å². The first-order valence-electron chi connectivity index (χ1n) is 9.76. The number of halogens is 2. The van der Waals surface area contributed by atoms with Crippen LogP contribution in [0.3, 0.4) is 0 Å². The van der Waals surface area contributed by atoms with E-state index >= 15 is 0 Å². The number of rotatable bonds is 9. The fourth-order valence-electron chi connectivity index (χ4n) is 3.08. The second kappa shape index (κ2) is 11.0. The molecule has 2 rings (SSSR count). The zero-order valence-corrected chi connectivity index (χ0v) is 18.5. The van der Waals surface area contributed by atoms with Gasteiger partial charge in [0.25, 0.3) is 5.91 Å². The number of carbonyl (C=O) groups is 2. The average molecular weight is 435 g/mol. The Hall–Kier alpha value is -2.51. The SMILES string of the molecule is CNC(=O)c1ccc(C[C@@H](CNC(=O)C[C@H](C)c2ccc(Cl)cn2)N(C)C)cc1F. The standard InChI is InChI=1S/C22H28ClFN4O2/c1-14(20-8-6-16(23)12-26-20)9-21(29)27-13-17(28(3)4)10-15-5-7-18(19(24)11-15)22(30)25-2/h5-8,11-12,14,17H,9-10,13H2,1-4H3,(H,25,30)(H,27,29)/t14-,17-/m0/s1. The van der Waals surface area contributed by atoms with Crippen LogP contribution in [-0.4, -0.2) is 55.4 Å². The monoisotopic (exact) mass is 434 g/mol. The Bertz CT molecular complexity index is 874. The van der Waals surface area contributed by atoms with Crippen LogP contribution in [0, 0.1) is 5.82 Å². The van der Waals surface area contributed by atoms with Gasteiger partial charge in [-0.3, -0.25) is 14.6 Å². The van der Waals surface area contributed by atoms with Crippen molar-refractivity contribution in [3.05, 3.63) is 64.2 Å². The lowest BCUT2D eigenvalue weighted by molar-refractivity contribution is -0.121. The molecule has 2 atom stereocenters. The number of nitrogens with zero attached hydrogens (tertiary/aromatic N) is 2. The molecule has 0 radical (unpaired) electrons. The van der Waals surface area contributed by atoms with E-state index in [9.17, 15) is 14.0 Å². The normalized spacial score (nSPS) is 13.0. The second-order valence-corrected chi connectivity index (χ2v) is 7.96. The zero-order chi connectivity index (χ0) is 22.3. The molecule has 8 heteroatoms. The number of aromatic nitrogens is 1. The van der Waals surface area contributed by atoms with E-state index in [2.05, 4.69) is 15.6 Å². The number of benzene rings is 1. The predicted octanol–water partition coefficient (Wildman–Crippen LogP) is 3.02. The Kier molecular flexibility index (Phi) is 8.74. The van der Waals surface area contributed by atoms with Crippen LogP contribution in [0.25, 0.3) is 0 Å². The Morgan fingerprint density at radius 2 is 1.97 bits per heavy atom. The summed E-state index contributed by atoms with van der Waals surface area (Å²) in [5.74, 6) is -1.13. The minimum Gasteiger partial charge on any atom is -0.355 e. The average Bonchev–Trinajstić information content (AvgIpc) is 2.70. The van der Waals surface area contributed by atoms with Crippen LogP contribution in [0.2, 0.25) is 5.02 Å². The summed E-state index contributed by atoms with van der Waals surface area (Å²) in [6.45, 7) is 2.36. The topological polar surface area (TPSA) is 74.3 Å².